The lowest BCUT2D eigenvalue weighted by Gasteiger charge is -2.12. The number of carboxylic acids is 1. The van der Waals surface area contributed by atoms with Crippen LogP contribution in [0, 0.1) is 12.8 Å². The quantitative estimate of drug-likeness (QED) is 0.263. The Morgan fingerprint density at radius 3 is 2.54 bits per heavy atom. The van der Waals surface area contributed by atoms with Crippen molar-refractivity contribution in [3.63, 3.8) is 0 Å². The Bertz CT molecular complexity index is 1520. The van der Waals surface area contributed by atoms with Crippen molar-refractivity contribution in [1.82, 2.24) is 19.8 Å². The molecule has 4 aromatic rings. The van der Waals surface area contributed by atoms with Gasteiger partial charge >= 0.3 is 11.9 Å². The number of hydrogen-bond donors (Lipinski definition) is 2. The third kappa shape index (κ3) is 5.41. The third-order valence-electron chi connectivity index (χ3n) is 6.58. The zero-order valence-corrected chi connectivity index (χ0v) is 21.8. The minimum absolute atomic E-state index is 0.0155. The number of carboxylic acid groups (broad SMARTS) is 1. The fraction of sp³-hybridized carbons (Fsp3) is 0.357. The van der Waals surface area contributed by atoms with E-state index < -0.39 is 11.9 Å². The molecule has 0 spiro atoms. The van der Waals surface area contributed by atoms with Crippen LogP contribution in [0.3, 0.4) is 0 Å². The van der Waals surface area contributed by atoms with E-state index in [0.717, 1.165) is 44.7 Å². The molecule has 1 unspecified atom stereocenters. The van der Waals surface area contributed by atoms with Gasteiger partial charge in [-0.25, -0.2) is 0 Å². The first-order chi connectivity index (χ1) is 17.6. The molecule has 9 nitrogen and oxygen atoms in total. The van der Waals surface area contributed by atoms with Crippen LogP contribution in [0.1, 0.15) is 35.8 Å². The molecule has 9 heteroatoms. The highest BCUT2D eigenvalue weighted by Crippen LogP contribution is 2.37. The Morgan fingerprint density at radius 1 is 1.08 bits per heavy atom. The van der Waals surface area contributed by atoms with Gasteiger partial charge in [0.2, 0.25) is 0 Å². The zero-order chi connectivity index (χ0) is 26.9. The van der Waals surface area contributed by atoms with Crippen molar-refractivity contribution in [1.29, 1.82) is 0 Å². The SMILES string of the molecule is Cc1c2ccnc(C(=O)NCCN(C)C)c2cc2c3cc(OC(=O)CC(C)CC(=O)O)ccc3n(C)c12. The van der Waals surface area contributed by atoms with Crippen LogP contribution in [0.25, 0.3) is 32.6 Å². The van der Waals surface area contributed by atoms with Crippen LogP contribution >= 0.6 is 0 Å². The number of nitrogens with zero attached hydrogens (tertiary/aromatic N) is 3. The topological polar surface area (TPSA) is 114 Å². The maximum Gasteiger partial charge on any atom is 0.311 e. The summed E-state index contributed by atoms with van der Waals surface area (Å²) in [5.74, 6) is -1.58. The van der Waals surface area contributed by atoms with Gasteiger partial charge in [0.05, 0.1) is 5.52 Å². The predicted octanol–water partition coefficient (Wildman–Crippen LogP) is 3.89. The van der Waals surface area contributed by atoms with Crippen molar-refractivity contribution < 1.29 is 24.2 Å². The number of hydrogen-bond acceptors (Lipinski definition) is 6. The Balaban J connectivity index is 1.75. The molecular weight excluding hydrogens is 472 g/mol. The fourth-order valence-electron chi connectivity index (χ4n) is 4.82. The summed E-state index contributed by atoms with van der Waals surface area (Å²) in [6.07, 6.45) is 1.58. The van der Waals surface area contributed by atoms with Crippen molar-refractivity contribution in [2.24, 2.45) is 13.0 Å². The molecule has 0 aliphatic heterocycles. The summed E-state index contributed by atoms with van der Waals surface area (Å²) in [4.78, 5) is 42.7. The Morgan fingerprint density at radius 2 is 1.84 bits per heavy atom. The first-order valence-corrected chi connectivity index (χ1v) is 12.2. The summed E-state index contributed by atoms with van der Waals surface area (Å²) >= 11 is 0. The van der Waals surface area contributed by atoms with Gasteiger partial charge in [0.25, 0.3) is 5.91 Å². The molecule has 0 saturated carbocycles. The van der Waals surface area contributed by atoms with Crippen molar-refractivity contribution in [3.8, 4) is 5.75 Å². The van der Waals surface area contributed by atoms with Gasteiger partial charge < -0.3 is 24.6 Å². The lowest BCUT2D eigenvalue weighted by molar-refractivity contribution is -0.139. The number of esters is 1. The second kappa shape index (κ2) is 10.6. The number of likely N-dealkylation sites (N-methyl/N-ethyl adjacent to an activating group) is 1. The first kappa shape index (κ1) is 26.1. The van der Waals surface area contributed by atoms with Crippen LogP contribution in [-0.4, -0.2) is 64.6 Å². The number of aryl methyl sites for hydroxylation is 2. The Hall–Kier alpha value is -3.98. The smallest absolute Gasteiger partial charge is 0.311 e. The molecule has 2 heterocycles. The van der Waals surface area contributed by atoms with E-state index >= 15 is 0 Å². The van der Waals surface area contributed by atoms with Gasteiger partial charge in [0.1, 0.15) is 11.4 Å². The fourth-order valence-corrected chi connectivity index (χ4v) is 4.82. The molecule has 0 radical (unpaired) electrons. The summed E-state index contributed by atoms with van der Waals surface area (Å²) in [6.45, 7) is 4.97. The number of amides is 1. The molecule has 4 rings (SSSR count). The molecule has 0 fully saturated rings. The third-order valence-corrected chi connectivity index (χ3v) is 6.58. The van der Waals surface area contributed by atoms with Gasteiger partial charge in [0.15, 0.2) is 0 Å². The Kier molecular flexibility index (Phi) is 7.45. The summed E-state index contributed by atoms with van der Waals surface area (Å²) in [5.41, 5.74) is 3.37. The zero-order valence-electron chi connectivity index (χ0n) is 21.8. The second-order valence-corrected chi connectivity index (χ2v) is 9.83. The molecule has 0 aliphatic carbocycles. The van der Waals surface area contributed by atoms with Gasteiger partial charge in [-0.15, -0.1) is 0 Å². The summed E-state index contributed by atoms with van der Waals surface area (Å²) in [7, 11) is 5.88. The van der Waals surface area contributed by atoms with Crippen molar-refractivity contribution >= 4 is 50.4 Å². The highest BCUT2D eigenvalue weighted by Gasteiger charge is 2.19. The van der Waals surface area contributed by atoms with E-state index in [9.17, 15) is 14.4 Å². The molecule has 2 aromatic heterocycles. The number of fused-ring (bicyclic) bond motifs is 4. The van der Waals surface area contributed by atoms with E-state index in [1.807, 2.05) is 57.2 Å². The summed E-state index contributed by atoms with van der Waals surface area (Å²) < 4.78 is 7.65. The number of rotatable bonds is 9. The number of aromatic nitrogens is 2. The predicted molar refractivity (Wildman–Crippen MR) is 143 cm³/mol. The molecule has 0 saturated heterocycles. The van der Waals surface area contributed by atoms with Crippen LogP contribution in [0.15, 0.2) is 36.5 Å². The van der Waals surface area contributed by atoms with Crippen LogP contribution in [0.2, 0.25) is 0 Å². The molecule has 0 bridgehead atoms. The van der Waals surface area contributed by atoms with Gasteiger partial charge in [-0.05, 0) is 68.2 Å². The van der Waals surface area contributed by atoms with Crippen molar-refractivity contribution in [2.45, 2.75) is 26.7 Å². The van der Waals surface area contributed by atoms with Crippen LogP contribution in [0.4, 0.5) is 0 Å². The molecule has 2 N–H and O–H groups in total. The molecule has 194 valence electrons. The van der Waals surface area contributed by atoms with E-state index in [1.54, 1.807) is 19.2 Å². The van der Waals surface area contributed by atoms with Gasteiger partial charge in [-0.3, -0.25) is 19.4 Å². The standard InChI is InChI=1S/C28H32N4O5/c1-16(12-24(33)34)13-25(35)37-18-6-7-23-20(14-18)22-15-21-19(17(2)27(22)32(23)5)8-9-29-26(21)28(36)30-10-11-31(3)4/h6-9,14-16H,10-13H2,1-5H3,(H,30,36)(H,33,34). The normalized spacial score (nSPS) is 12.4. The van der Waals surface area contributed by atoms with Crippen LogP contribution in [0.5, 0.6) is 5.75 Å². The number of aliphatic carboxylic acids is 1. The Labute approximate surface area is 215 Å². The highest BCUT2D eigenvalue weighted by atomic mass is 16.5. The lowest BCUT2D eigenvalue weighted by atomic mass is 10.00. The second-order valence-electron chi connectivity index (χ2n) is 9.83. The van der Waals surface area contributed by atoms with Crippen LogP contribution in [-0.2, 0) is 16.6 Å². The van der Waals surface area contributed by atoms with Gasteiger partial charge in [-0.2, -0.15) is 0 Å². The minimum atomic E-state index is -0.944. The first-order valence-electron chi connectivity index (χ1n) is 12.2. The maximum atomic E-state index is 13.0. The largest absolute Gasteiger partial charge is 0.481 e. The van der Waals surface area contributed by atoms with Crippen molar-refractivity contribution in [3.05, 3.63) is 47.8 Å². The summed E-state index contributed by atoms with van der Waals surface area (Å²) in [6, 6.07) is 9.35. The monoisotopic (exact) mass is 504 g/mol. The highest BCUT2D eigenvalue weighted by molar-refractivity contribution is 6.17. The van der Waals surface area contributed by atoms with E-state index in [0.29, 0.717) is 18.0 Å². The number of ether oxygens (including phenoxy) is 1. The molecule has 0 aliphatic rings. The maximum absolute atomic E-state index is 13.0. The molecular formula is C28H32N4O5. The van der Waals surface area contributed by atoms with E-state index in [4.69, 9.17) is 9.84 Å². The van der Waals surface area contributed by atoms with Gasteiger partial charge in [-0.1, -0.05) is 6.92 Å². The molecule has 2 aromatic carbocycles. The van der Waals surface area contributed by atoms with Crippen molar-refractivity contribution in [2.75, 3.05) is 27.2 Å². The minimum Gasteiger partial charge on any atom is -0.481 e. The average Bonchev–Trinajstić information content (AvgIpc) is 3.09. The lowest BCUT2D eigenvalue weighted by Crippen LogP contribution is -2.31. The molecule has 1 amide bonds. The average molecular weight is 505 g/mol. The van der Waals surface area contributed by atoms with E-state index in [1.165, 1.54) is 0 Å². The number of carbonyl (C=O) groups is 3. The number of pyridine rings is 1. The molecule has 37 heavy (non-hydrogen) atoms. The van der Waals surface area contributed by atoms with Crippen LogP contribution < -0.4 is 10.1 Å². The van der Waals surface area contributed by atoms with E-state index in [-0.39, 0.29) is 24.7 Å². The number of benzene rings is 2. The number of nitrogens with one attached hydrogen (secondary N) is 1. The molecule has 1 atom stereocenters. The number of carbonyl (C=O) groups excluding carboxylic acids is 2. The summed E-state index contributed by atoms with van der Waals surface area (Å²) in [5, 5.41) is 15.4. The van der Waals surface area contributed by atoms with E-state index in [2.05, 4.69) is 14.9 Å². The van der Waals surface area contributed by atoms with Gasteiger partial charge in [0, 0.05) is 60.9 Å².